The number of ether oxygens (including phenoxy) is 1. The van der Waals surface area contributed by atoms with Crippen LogP contribution in [0.4, 0.5) is 25.0 Å². The largest absolute Gasteiger partial charge is 0.491 e. The van der Waals surface area contributed by atoms with Gasteiger partial charge in [-0.3, -0.25) is 14.9 Å². The molecule has 11 heteroatoms. The van der Waals surface area contributed by atoms with Crippen molar-refractivity contribution in [2.24, 2.45) is 0 Å². The van der Waals surface area contributed by atoms with E-state index in [2.05, 4.69) is 16.0 Å². The van der Waals surface area contributed by atoms with Crippen LogP contribution in [0.1, 0.15) is 36.8 Å². The molecule has 3 atom stereocenters. The van der Waals surface area contributed by atoms with E-state index in [1.54, 1.807) is 0 Å². The Labute approximate surface area is 204 Å². The topological polar surface area (TPSA) is 99.8 Å². The van der Waals surface area contributed by atoms with Gasteiger partial charge < -0.3 is 20.3 Å². The number of benzene rings is 2. The summed E-state index contributed by atoms with van der Waals surface area (Å²) in [7, 11) is 0. The van der Waals surface area contributed by atoms with E-state index in [0.29, 0.717) is 42.1 Å². The number of fused-ring (bicyclic) bond motifs is 1. The number of carbonyl (C=O) groups is 3. The van der Waals surface area contributed by atoms with Gasteiger partial charge in [0.15, 0.2) is 0 Å². The van der Waals surface area contributed by atoms with Crippen LogP contribution in [0.5, 0.6) is 5.75 Å². The second kappa shape index (κ2) is 8.99. The first-order valence-corrected chi connectivity index (χ1v) is 11.7. The molecule has 0 saturated carbocycles. The Kier molecular flexibility index (Phi) is 6.00. The number of piperidine rings is 1. The van der Waals surface area contributed by atoms with E-state index in [9.17, 15) is 18.8 Å². The standard InChI is InChI=1S/C24H23ClF2N4O4/c1-11-18(29-24(34)28-17-4-2-12(25)8-15(17)26)10-31(11)19-9-16(27)21(13-6-7-35-22(13)19)14-3-5-20(32)30-23(14)33/h2,4,8-9,11,14,18H,3,5-7,10H2,1H3,(H2,28,29,34)(H,30,32,33)/t11-,14+,18-/m1/s1. The molecule has 3 heterocycles. The van der Waals surface area contributed by atoms with Gasteiger partial charge in [0.1, 0.15) is 17.4 Å². The lowest BCUT2D eigenvalue weighted by atomic mass is 9.85. The van der Waals surface area contributed by atoms with E-state index in [0.717, 1.165) is 6.07 Å². The fourth-order valence-corrected chi connectivity index (χ4v) is 5.08. The Balaban J connectivity index is 1.30. The average Bonchev–Trinajstić information content (AvgIpc) is 3.28. The van der Waals surface area contributed by atoms with Crippen molar-refractivity contribution < 1.29 is 27.9 Å². The summed E-state index contributed by atoms with van der Waals surface area (Å²) >= 11 is 5.74. The van der Waals surface area contributed by atoms with Gasteiger partial charge in [-0.05, 0) is 31.5 Å². The van der Waals surface area contributed by atoms with Gasteiger partial charge in [0.2, 0.25) is 11.8 Å². The molecule has 0 unspecified atom stereocenters. The lowest BCUT2D eigenvalue weighted by Crippen LogP contribution is -2.66. The lowest BCUT2D eigenvalue weighted by Gasteiger charge is -2.48. The van der Waals surface area contributed by atoms with Gasteiger partial charge in [-0.25, -0.2) is 13.6 Å². The van der Waals surface area contributed by atoms with Gasteiger partial charge in [0.05, 0.1) is 29.9 Å². The highest BCUT2D eigenvalue weighted by Crippen LogP contribution is 2.46. The number of hydrogen-bond acceptors (Lipinski definition) is 5. The molecule has 0 bridgehead atoms. The zero-order valence-electron chi connectivity index (χ0n) is 18.8. The Bertz CT molecular complexity index is 1240. The van der Waals surface area contributed by atoms with Crippen molar-refractivity contribution in [2.45, 2.75) is 44.2 Å². The van der Waals surface area contributed by atoms with E-state index in [4.69, 9.17) is 16.3 Å². The van der Waals surface area contributed by atoms with Crippen LogP contribution in [-0.4, -0.2) is 43.1 Å². The summed E-state index contributed by atoms with van der Waals surface area (Å²) < 4.78 is 35.1. The predicted octanol–water partition coefficient (Wildman–Crippen LogP) is 3.47. The molecule has 2 aromatic carbocycles. The van der Waals surface area contributed by atoms with Crippen molar-refractivity contribution in [1.29, 1.82) is 0 Å². The van der Waals surface area contributed by atoms with Gasteiger partial charge in [-0.2, -0.15) is 0 Å². The Morgan fingerprint density at radius 3 is 2.71 bits per heavy atom. The van der Waals surface area contributed by atoms with E-state index in [1.807, 2.05) is 11.8 Å². The molecule has 0 aliphatic carbocycles. The number of hydrogen-bond donors (Lipinski definition) is 3. The average molecular weight is 505 g/mol. The number of rotatable bonds is 4. The highest BCUT2D eigenvalue weighted by molar-refractivity contribution is 6.30. The van der Waals surface area contributed by atoms with Crippen molar-refractivity contribution in [3.05, 3.63) is 52.0 Å². The normalized spacial score (nSPS) is 23.2. The number of anilines is 2. The van der Waals surface area contributed by atoms with E-state index in [-0.39, 0.29) is 41.5 Å². The van der Waals surface area contributed by atoms with E-state index >= 15 is 4.39 Å². The fourth-order valence-electron chi connectivity index (χ4n) is 4.92. The smallest absolute Gasteiger partial charge is 0.319 e. The van der Waals surface area contributed by atoms with Crippen LogP contribution in [-0.2, 0) is 16.0 Å². The zero-order valence-corrected chi connectivity index (χ0v) is 19.5. The first kappa shape index (κ1) is 23.3. The molecule has 2 saturated heterocycles. The lowest BCUT2D eigenvalue weighted by molar-refractivity contribution is -0.134. The van der Waals surface area contributed by atoms with Gasteiger partial charge in [0.25, 0.3) is 0 Å². The number of amides is 4. The molecule has 3 N–H and O–H groups in total. The Morgan fingerprint density at radius 2 is 2.00 bits per heavy atom. The number of nitrogens with one attached hydrogen (secondary N) is 3. The number of imide groups is 1. The maximum absolute atomic E-state index is 15.4. The highest BCUT2D eigenvalue weighted by Gasteiger charge is 2.41. The van der Waals surface area contributed by atoms with Crippen LogP contribution in [0.15, 0.2) is 24.3 Å². The van der Waals surface area contributed by atoms with Crippen molar-refractivity contribution in [2.75, 3.05) is 23.4 Å². The first-order valence-electron chi connectivity index (χ1n) is 11.3. The maximum atomic E-state index is 15.4. The number of nitrogens with zero attached hydrogens (tertiary/aromatic N) is 1. The molecule has 8 nitrogen and oxygen atoms in total. The van der Waals surface area contributed by atoms with Crippen LogP contribution in [0.3, 0.4) is 0 Å². The van der Waals surface area contributed by atoms with Crippen molar-refractivity contribution in [1.82, 2.24) is 10.6 Å². The summed E-state index contributed by atoms with van der Waals surface area (Å²) in [6, 6.07) is 4.30. The minimum Gasteiger partial charge on any atom is -0.491 e. The van der Waals surface area contributed by atoms with Crippen molar-refractivity contribution in [3.8, 4) is 5.75 Å². The van der Waals surface area contributed by atoms with Crippen LogP contribution in [0, 0.1) is 11.6 Å². The Hall–Kier alpha value is -3.40. The van der Waals surface area contributed by atoms with Crippen molar-refractivity contribution >= 4 is 40.8 Å². The molecule has 3 aliphatic rings. The number of urea groups is 1. The number of halogens is 3. The SMILES string of the molecule is C[C@@H]1[C@H](NC(=O)Nc2ccc(Cl)cc2F)CN1c1cc(F)c([C@@H]2CCC(=O)NC2=O)c2c1OCC2. The first-order chi connectivity index (χ1) is 16.7. The van der Waals surface area contributed by atoms with Gasteiger partial charge >= 0.3 is 6.03 Å². The van der Waals surface area contributed by atoms with Gasteiger partial charge in [0, 0.05) is 47.6 Å². The monoisotopic (exact) mass is 504 g/mol. The molecule has 184 valence electrons. The third kappa shape index (κ3) is 4.27. The van der Waals surface area contributed by atoms with Crippen LogP contribution < -0.4 is 25.6 Å². The van der Waals surface area contributed by atoms with E-state index < -0.39 is 29.5 Å². The molecule has 2 fully saturated rings. The number of carbonyl (C=O) groups excluding carboxylic acids is 3. The summed E-state index contributed by atoms with van der Waals surface area (Å²) in [5.74, 6) is -2.21. The summed E-state index contributed by atoms with van der Waals surface area (Å²) in [6.45, 7) is 2.64. The molecular weight excluding hydrogens is 482 g/mol. The second-order valence-electron chi connectivity index (χ2n) is 8.92. The quantitative estimate of drug-likeness (QED) is 0.554. The summed E-state index contributed by atoms with van der Waals surface area (Å²) in [5.41, 5.74) is 1.50. The molecule has 5 rings (SSSR count). The molecular formula is C24H23ClF2N4O4. The van der Waals surface area contributed by atoms with Gasteiger partial charge in [-0.15, -0.1) is 0 Å². The van der Waals surface area contributed by atoms with Gasteiger partial charge in [-0.1, -0.05) is 11.6 Å². The molecule has 3 aliphatic heterocycles. The summed E-state index contributed by atoms with van der Waals surface area (Å²) in [4.78, 5) is 38.2. The molecule has 0 spiro atoms. The zero-order chi connectivity index (χ0) is 24.9. The molecule has 0 aromatic heterocycles. The highest BCUT2D eigenvalue weighted by atomic mass is 35.5. The maximum Gasteiger partial charge on any atom is 0.319 e. The third-order valence-electron chi connectivity index (χ3n) is 6.81. The van der Waals surface area contributed by atoms with Crippen molar-refractivity contribution in [3.63, 3.8) is 0 Å². The Morgan fingerprint density at radius 1 is 1.20 bits per heavy atom. The minimum atomic E-state index is -0.739. The van der Waals surface area contributed by atoms with E-state index in [1.165, 1.54) is 18.2 Å². The minimum absolute atomic E-state index is 0.00746. The van der Waals surface area contributed by atoms with Crippen LogP contribution in [0.2, 0.25) is 5.02 Å². The second-order valence-corrected chi connectivity index (χ2v) is 9.36. The third-order valence-corrected chi connectivity index (χ3v) is 7.05. The molecule has 0 radical (unpaired) electrons. The van der Waals surface area contributed by atoms with Crippen LogP contribution in [0.25, 0.3) is 0 Å². The summed E-state index contributed by atoms with van der Waals surface area (Å²) in [5, 5.41) is 7.78. The molecule has 2 aromatic rings. The molecule has 35 heavy (non-hydrogen) atoms. The molecule has 4 amide bonds. The van der Waals surface area contributed by atoms with Crippen LogP contribution >= 0.6 is 11.6 Å². The predicted molar refractivity (Wildman–Crippen MR) is 125 cm³/mol. The summed E-state index contributed by atoms with van der Waals surface area (Å²) in [6.07, 6.45) is 0.876. The fraction of sp³-hybridized carbons (Fsp3) is 0.375.